The molecule has 0 spiro atoms. The lowest BCUT2D eigenvalue weighted by Gasteiger charge is -2.17. The van der Waals surface area contributed by atoms with Crippen LogP contribution in [-0.4, -0.2) is 9.97 Å². The topological polar surface area (TPSA) is 66.7 Å². The molecule has 1 heterocycles. The van der Waals surface area contributed by atoms with Gasteiger partial charge >= 0.3 is 0 Å². The van der Waals surface area contributed by atoms with Crippen LogP contribution in [0.25, 0.3) is 0 Å². The maximum atomic E-state index is 5.53. The van der Waals surface area contributed by atoms with Crippen molar-refractivity contribution in [2.24, 2.45) is 11.8 Å². The molecule has 0 bridgehead atoms. The van der Waals surface area contributed by atoms with Crippen LogP contribution in [0.15, 0.2) is 12.4 Å². The second kappa shape index (κ2) is 4.57. The maximum absolute atomic E-state index is 5.53. The predicted molar refractivity (Wildman–Crippen MR) is 55.2 cm³/mol. The third kappa shape index (κ3) is 2.13. The van der Waals surface area contributed by atoms with Gasteiger partial charge in [-0.25, -0.2) is 10.4 Å². The Morgan fingerprint density at radius 3 is 2.93 bits per heavy atom. The Morgan fingerprint density at radius 1 is 1.57 bits per heavy atom. The van der Waals surface area contributed by atoms with Gasteiger partial charge in [-0.3, -0.25) is 5.84 Å². The summed E-state index contributed by atoms with van der Waals surface area (Å²) in [4.78, 5) is 7.34. The second-order valence-electron chi connectivity index (χ2n) is 4.08. The summed E-state index contributed by atoms with van der Waals surface area (Å²) < 4.78 is 0. The van der Waals surface area contributed by atoms with Crippen molar-refractivity contribution in [3.05, 3.63) is 18.2 Å². The normalized spacial score (nSPS) is 20.1. The zero-order valence-electron chi connectivity index (χ0n) is 8.37. The number of rotatable bonds is 4. The monoisotopic (exact) mass is 194 g/mol. The molecule has 0 aliphatic heterocycles. The van der Waals surface area contributed by atoms with Crippen LogP contribution in [0.4, 0.5) is 0 Å². The number of imidazole rings is 1. The fraction of sp³-hybridized carbons (Fsp3) is 0.700. The SMILES string of the molecule is NNC(CC1CCCC1)c1ncc[nH]1. The lowest BCUT2D eigenvalue weighted by Crippen LogP contribution is -2.30. The highest BCUT2D eigenvalue weighted by Gasteiger charge is 2.21. The molecule has 2 rings (SSSR count). The highest BCUT2D eigenvalue weighted by Crippen LogP contribution is 2.31. The Labute approximate surface area is 84.3 Å². The van der Waals surface area contributed by atoms with E-state index in [-0.39, 0.29) is 6.04 Å². The number of nitrogens with one attached hydrogen (secondary N) is 2. The van der Waals surface area contributed by atoms with Crippen LogP contribution in [0, 0.1) is 5.92 Å². The molecule has 0 saturated heterocycles. The molecule has 0 radical (unpaired) electrons. The maximum Gasteiger partial charge on any atom is 0.124 e. The summed E-state index contributed by atoms with van der Waals surface area (Å²) in [6.45, 7) is 0. The lowest BCUT2D eigenvalue weighted by molar-refractivity contribution is 0.389. The first-order valence-electron chi connectivity index (χ1n) is 5.35. The smallest absolute Gasteiger partial charge is 0.124 e. The number of nitrogens with two attached hydrogens (primary N) is 1. The number of nitrogens with zero attached hydrogens (tertiary/aromatic N) is 1. The van der Waals surface area contributed by atoms with E-state index in [1.807, 2.05) is 6.20 Å². The van der Waals surface area contributed by atoms with E-state index in [9.17, 15) is 0 Å². The standard InChI is InChI=1S/C10H18N4/c11-14-9(10-12-5-6-13-10)7-8-3-1-2-4-8/h5-6,8-9,14H,1-4,7,11H2,(H,12,13). The molecule has 1 unspecified atom stereocenters. The van der Waals surface area contributed by atoms with Crippen molar-refractivity contribution in [3.63, 3.8) is 0 Å². The van der Waals surface area contributed by atoms with Gasteiger partial charge in [-0.2, -0.15) is 0 Å². The number of hydrogen-bond donors (Lipinski definition) is 3. The molecule has 1 aliphatic rings. The molecule has 14 heavy (non-hydrogen) atoms. The summed E-state index contributed by atoms with van der Waals surface area (Å²) in [6, 6.07) is 0.188. The van der Waals surface area contributed by atoms with E-state index in [4.69, 9.17) is 5.84 Å². The van der Waals surface area contributed by atoms with Gasteiger partial charge in [0.05, 0.1) is 6.04 Å². The van der Waals surface area contributed by atoms with Crippen molar-refractivity contribution in [1.82, 2.24) is 15.4 Å². The van der Waals surface area contributed by atoms with Gasteiger partial charge in [0.25, 0.3) is 0 Å². The number of hydrogen-bond acceptors (Lipinski definition) is 3. The van der Waals surface area contributed by atoms with Gasteiger partial charge in [-0.15, -0.1) is 0 Å². The first-order chi connectivity index (χ1) is 6.90. The number of aromatic amines is 1. The molecular formula is C10H18N4. The summed E-state index contributed by atoms with van der Waals surface area (Å²) in [5.74, 6) is 7.31. The lowest BCUT2D eigenvalue weighted by atomic mass is 9.98. The van der Waals surface area contributed by atoms with E-state index in [0.717, 1.165) is 18.2 Å². The van der Waals surface area contributed by atoms with E-state index in [1.54, 1.807) is 6.20 Å². The highest BCUT2D eigenvalue weighted by atomic mass is 15.2. The average molecular weight is 194 g/mol. The van der Waals surface area contributed by atoms with Crippen molar-refractivity contribution in [2.75, 3.05) is 0 Å². The summed E-state index contributed by atoms with van der Waals surface area (Å²) in [6.07, 6.45) is 10.2. The largest absolute Gasteiger partial charge is 0.347 e. The highest BCUT2D eigenvalue weighted by molar-refractivity contribution is 4.95. The molecule has 0 aromatic carbocycles. The second-order valence-corrected chi connectivity index (χ2v) is 4.08. The van der Waals surface area contributed by atoms with Crippen molar-refractivity contribution in [1.29, 1.82) is 0 Å². The fourth-order valence-corrected chi connectivity index (χ4v) is 2.31. The molecule has 1 atom stereocenters. The Hall–Kier alpha value is -0.870. The zero-order valence-corrected chi connectivity index (χ0v) is 8.37. The van der Waals surface area contributed by atoms with Crippen LogP contribution in [0.5, 0.6) is 0 Å². The Morgan fingerprint density at radius 2 is 2.36 bits per heavy atom. The first-order valence-corrected chi connectivity index (χ1v) is 5.35. The van der Waals surface area contributed by atoms with Gasteiger partial charge in [0.1, 0.15) is 5.82 Å². The van der Waals surface area contributed by atoms with Gasteiger partial charge in [0, 0.05) is 12.4 Å². The molecule has 1 saturated carbocycles. The van der Waals surface area contributed by atoms with Gasteiger partial charge in [0.2, 0.25) is 0 Å². The summed E-state index contributed by atoms with van der Waals surface area (Å²) in [7, 11) is 0. The van der Waals surface area contributed by atoms with E-state index < -0.39 is 0 Å². The van der Waals surface area contributed by atoms with Crippen molar-refractivity contribution >= 4 is 0 Å². The molecular weight excluding hydrogens is 176 g/mol. The van der Waals surface area contributed by atoms with E-state index in [2.05, 4.69) is 15.4 Å². The third-order valence-electron chi connectivity index (χ3n) is 3.09. The van der Waals surface area contributed by atoms with Gasteiger partial charge in [0.15, 0.2) is 0 Å². The average Bonchev–Trinajstić information content (AvgIpc) is 2.86. The Balaban J connectivity index is 1.93. The molecule has 1 aromatic rings. The van der Waals surface area contributed by atoms with Crippen LogP contribution in [-0.2, 0) is 0 Å². The van der Waals surface area contributed by atoms with Crippen molar-refractivity contribution < 1.29 is 0 Å². The third-order valence-corrected chi connectivity index (χ3v) is 3.09. The fourth-order valence-electron chi connectivity index (χ4n) is 2.31. The summed E-state index contributed by atoms with van der Waals surface area (Å²) in [5.41, 5.74) is 2.84. The van der Waals surface area contributed by atoms with Gasteiger partial charge in [-0.05, 0) is 12.3 Å². The van der Waals surface area contributed by atoms with E-state index >= 15 is 0 Å². The molecule has 4 heteroatoms. The molecule has 0 amide bonds. The van der Waals surface area contributed by atoms with Crippen LogP contribution in [0.1, 0.15) is 44.0 Å². The van der Waals surface area contributed by atoms with E-state index in [1.165, 1.54) is 25.7 Å². The van der Waals surface area contributed by atoms with Gasteiger partial charge in [-0.1, -0.05) is 25.7 Å². The van der Waals surface area contributed by atoms with Crippen molar-refractivity contribution in [2.45, 2.75) is 38.1 Å². The molecule has 1 aromatic heterocycles. The quantitative estimate of drug-likeness (QED) is 0.502. The molecule has 78 valence electrons. The predicted octanol–water partition coefficient (Wildman–Crippen LogP) is 1.49. The van der Waals surface area contributed by atoms with Crippen molar-refractivity contribution in [3.8, 4) is 0 Å². The van der Waals surface area contributed by atoms with Gasteiger partial charge < -0.3 is 4.98 Å². The molecule has 4 N–H and O–H groups in total. The summed E-state index contributed by atoms with van der Waals surface area (Å²) in [5, 5.41) is 0. The zero-order chi connectivity index (χ0) is 9.80. The number of hydrazine groups is 1. The number of aromatic nitrogens is 2. The van der Waals surface area contributed by atoms with Crippen LogP contribution < -0.4 is 11.3 Å². The van der Waals surface area contributed by atoms with Crippen LogP contribution >= 0.6 is 0 Å². The number of H-pyrrole nitrogens is 1. The Bertz CT molecular complexity index is 251. The Kier molecular flexibility index (Phi) is 3.16. The molecule has 1 fully saturated rings. The molecule has 4 nitrogen and oxygen atoms in total. The first kappa shape index (κ1) is 9.68. The minimum Gasteiger partial charge on any atom is -0.347 e. The van der Waals surface area contributed by atoms with Crippen LogP contribution in [0.2, 0.25) is 0 Å². The summed E-state index contributed by atoms with van der Waals surface area (Å²) >= 11 is 0. The van der Waals surface area contributed by atoms with Crippen LogP contribution in [0.3, 0.4) is 0 Å². The molecule has 1 aliphatic carbocycles. The minimum atomic E-state index is 0.188. The van der Waals surface area contributed by atoms with E-state index in [0.29, 0.717) is 0 Å². The minimum absolute atomic E-state index is 0.188.